The highest BCUT2D eigenvalue weighted by atomic mass is 15.1. The number of hydrogen-bond acceptors (Lipinski definition) is 2. The van der Waals surface area contributed by atoms with Crippen molar-refractivity contribution < 1.29 is 0 Å². The van der Waals surface area contributed by atoms with E-state index in [2.05, 4.69) is 35.7 Å². The summed E-state index contributed by atoms with van der Waals surface area (Å²) in [6.45, 7) is 7.65. The van der Waals surface area contributed by atoms with Crippen molar-refractivity contribution in [3.8, 4) is 0 Å². The van der Waals surface area contributed by atoms with Crippen molar-refractivity contribution in [1.29, 1.82) is 0 Å². The van der Waals surface area contributed by atoms with Crippen molar-refractivity contribution in [3.63, 3.8) is 0 Å². The van der Waals surface area contributed by atoms with Crippen LogP contribution in [-0.4, -0.2) is 24.5 Å². The van der Waals surface area contributed by atoms with Gasteiger partial charge in [0.2, 0.25) is 0 Å². The number of hydrogen-bond donors (Lipinski definition) is 1. The summed E-state index contributed by atoms with van der Waals surface area (Å²) in [6.07, 6.45) is 1.15. The number of fused-ring (bicyclic) bond motifs is 1. The molecule has 0 aromatic heterocycles. The van der Waals surface area contributed by atoms with E-state index >= 15 is 0 Å². The molecule has 80 valence electrons. The first-order valence-electron chi connectivity index (χ1n) is 5.45. The quantitative estimate of drug-likeness (QED) is 0.754. The summed E-state index contributed by atoms with van der Waals surface area (Å²) in [5.74, 6) is 0. The molecular weight excluding hydrogens is 184 g/mol. The zero-order valence-corrected chi connectivity index (χ0v) is 9.08. The van der Waals surface area contributed by atoms with E-state index in [-0.39, 0.29) is 0 Å². The first-order valence-corrected chi connectivity index (χ1v) is 5.45. The Kier molecular flexibility index (Phi) is 3.19. The maximum Gasteiger partial charge on any atom is 0.0240 e. The van der Waals surface area contributed by atoms with Crippen molar-refractivity contribution in [3.05, 3.63) is 47.5 Å². The van der Waals surface area contributed by atoms with Crippen LogP contribution in [0.25, 0.3) is 0 Å². The zero-order chi connectivity index (χ0) is 10.7. The number of nitrogens with two attached hydrogens (primary N) is 1. The fraction of sp³-hybridized carbons (Fsp3) is 0.385. The van der Waals surface area contributed by atoms with Gasteiger partial charge in [0.1, 0.15) is 0 Å². The molecule has 0 saturated heterocycles. The average molecular weight is 202 g/mol. The molecule has 2 heteroatoms. The molecule has 1 aromatic carbocycles. The Bertz CT molecular complexity index is 357. The van der Waals surface area contributed by atoms with Crippen LogP contribution >= 0.6 is 0 Å². The third-order valence-electron chi connectivity index (χ3n) is 2.95. The summed E-state index contributed by atoms with van der Waals surface area (Å²) in [4.78, 5) is 2.41. The lowest BCUT2D eigenvalue weighted by atomic mass is 10.00. The van der Waals surface area contributed by atoms with Gasteiger partial charge in [-0.3, -0.25) is 4.90 Å². The van der Waals surface area contributed by atoms with Crippen molar-refractivity contribution in [2.24, 2.45) is 5.73 Å². The predicted octanol–water partition coefficient (Wildman–Crippen LogP) is 1.56. The molecule has 0 amide bonds. The minimum atomic E-state index is 0.595. The Morgan fingerprint density at radius 1 is 1.33 bits per heavy atom. The second-order valence-corrected chi connectivity index (χ2v) is 4.18. The molecule has 0 atom stereocenters. The monoisotopic (exact) mass is 202 g/mol. The van der Waals surface area contributed by atoms with Gasteiger partial charge in [0.25, 0.3) is 0 Å². The molecule has 15 heavy (non-hydrogen) atoms. The van der Waals surface area contributed by atoms with Crippen LogP contribution in [0.5, 0.6) is 0 Å². The van der Waals surface area contributed by atoms with Crippen LogP contribution in [0.1, 0.15) is 11.1 Å². The van der Waals surface area contributed by atoms with Crippen molar-refractivity contribution >= 4 is 0 Å². The Labute approximate surface area is 91.4 Å². The van der Waals surface area contributed by atoms with Crippen LogP contribution in [-0.2, 0) is 13.0 Å². The van der Waals surface area contributed by atoms with Gasteiger partial charge in [-0.2, -0.15) is 0 Å². The van der Waals surface area contributed by atoms with Crippen LogP contribution in [0.15, 0.2) is 36.4 Å². The van der Waals surface area contributed by atoms with Crippen LogP contribution < -0.4 is 5.73 Å². The molecule has 0 unspecified atom stereocenters. The predicted molar refractivity (Wildman–Crippen MR) is 63.6 cm³/mol. The molecule has 2 rings (SSSR count). The Morgan fingerprint density at radius 3 is 2.80 bits per heavy atom. The SMILES string of the molecule is C=C(CN)CN1CCc2ccccc2C1. The molecule has 0 aliphatic carbocycles. The molecule has 0 fully saturated rings. The van der Waals surface area contributed by atoms with Crippen molar-refractivity contribution in [2.45, 2.75) is 13.0 Å². The maximum atomic E-state index is 5.56. The van der Waals surface area contributed by atoms with E-state index in [1.165, 1.54) is 11.1 Å². The van der Waals surface area contributed by atoms with E-state index in [1.807, 2.05) is 0 Å². The van der Waals surface area contributed by atoms with Gasteiger partial charge in [-0.1, -0.05) is 30.8 Å². The third-order valence-corrected chi connectivity index (χ3v) is 2.95. The molecule has 1 aromatic rings. The summed E-state index contributed by atoms with van der Waals surface area (Å²) in [6, 6.07) is 8.67. The molecule has 2 N–H and O–H groups in total. The van der Waals surface area contributed by atoms with Gasteiger partial charge in [-0.25, -0.2) is 0 Å². The lowest BCUT2D eigenvalue weighted by Crippen LogP contribution is -2.33. The molecule has 0 radical (unpaired) electrons. The largest absolute Gasteiger partial charge is 0.327 e. The van der Waals surface area contributed by atoms with Crippen molar-refractivity contribution in [2.75, 3.05) is 19.6 Å². The molecule has 1 aliphatic heterocycles. The molecule has 1 aliphatic rings. The Morgan fingerprint density at radius 2 is 2.07 bits per heavy atom. The number of benzene rings is 1. The van der Waals surface area contributed by atoms with E-state index in [0.717, 1.165) is 31.6 Å². The first kappa shape index (κ1) is 10.4. The first-order chi connectivity index (χ1) is 7.29. The van der Waals surface area contributed by atoms with Gasteiger partial charge < -0.3 is 5.73 Å². The highest BCUT2D eigenvalue weighted by molar-refractivity contribution is 5.29. The minimum absolute atomic E-state index is 0.595. The molecule has 0 bridgehead atoms. The maximum absolute atomic E-state index is 5.56. The lowest BCUT2D eigenvalue weighted by molar-refractivity contribution is 0.275. The lowest BCUT2D eigenvalue weighted by Gasteiger charge is -2.29. The summed E-state index contributed by atoms with van der Waals surface area (Å²) in [5.41, 5.74) is 9.62. The van der Waals surface area contributed by atoms with Gasteiger partial charge >= 0.3 is 0 Å². The van der Waals surface area contributed by atoms with Gasteiger partial charge in [-0.15, -0.1) is 0 Å². The number of nitrogens with zero attached hydrogens (tertiary/aromatic N) is 1. The van der Waals surface area contributed by atoms with Gasteiger partial charge in [0.15, 0.2) is 0 Å². The van der Waals surface area contributed by atoms with E-state index in [1.54, 1.807) is 0 Å². The number of rotatable bonds is 3. The van der Waals surface area contributed by atoms with Crippen LogP contribution in [0.4, 0.5) is 0 Å². The Hall–Kier alpha value is -1.12. The van der Waals surface area contributed by atoms with Crippen molar-refractivity contribution in [1.82, 2.24) is 4.90 Å². The summed E-state index contributed by atoms with van der Waals surface area (Å²) >= 11 is 0. The highest BCUT2D eigenvalue weighted by Crippen LogP contribution is 2.18. The standard InChI is InChI=1S/C13H18N2/c1-11(8-14)9-15-7-6-12-4-2-3-5-13(12)10-15/h2-5H,1,6-10,14H2. The average Bonchev–Trinajstić information content (AvgIpc) is 2.29. The van der Waals surface area contributed by atoms with Gasteiger partial charge in [0.05, 0.1) is 0 Å². The fourth-order valence-electron chi connectivity index (χ4n) is 2.07. The summed E-state index contributed by atoms with van der Waals surface area (Å²) in [7, 11) is 0. The van der Waals surface area contributed by atoms with Crippen LogP contribution in [0.3, 0.4) is 0 Å². The highest BCUT2D eigenvalue weighted by Gasteiger charge is 2.15. The summed E-state index contributed by atoms with van der Waals surface area (Å²) in [5, 5.41) is 0. The van der Waals surface area contributed by atoms with E-state index in [0.29, 0.717) is 6.54 Å². The molecule has 2 nitrogen and oxygen atoms in total. The van der Waals surface area contributed by atoms with Gasteiger partial charge in [0, 0.05) is 26.2 Å². The van der Waals surface area contributed by atoms with E-state index in [9.17, 15) is 0 Å². The minimum Gasteiger partial charge on any atom is -0.327 e. The third kappa shape index (κ3) is 2.46. The Balaban J connectivity index is 2.02. The normalized spacial score (nSPS) is 16.1. The smallest absolute Gasteiger partial charge is 0.0240 e. The fourth-order valence-corrected chi connectivity index (χ4v) is 2.07. The second-order valence-electron chi connectivity index (χ2n) is 4.18. The van der Waals surface area contributed by atoms with Crippen LogP contribution in [0.2, 0.25) is 0 Å². The van der Waals surface area contributed by atoms with E-state index in [4.69, 9.17) is 5.73 Å². The second kappa shape index (κ2) is 4.60. The summed E-state index contributed by atoms with van der Waals surface area (Å²) < 4.78 is 0. The van der Waals surface area contributed by atoms with E-state index < -0.39 is 0 Å². The topological polar surface area (TPSA) is 29.3 Å². The molecule has 0 spiro atoms. The molecule has 0 saturated carbocycles. The van der Waals surface area contributed by atoms with Gasteiger partial charge in [-0.05, 0) is 23.1 Å². The van der Waals surface area contributed by atoms with Crippen LogP contribution in [0, 0.1) is 0 Å². The molecule has 1 heterocycles. The zero-order valence-electron chi connectivity index (χ0n) is 9.08. The molecular formula is C13H18N2.